The van der Waals surface area contributed by atoms with Crippen LogP contribution < -0.4 is 10.1 Å². The molecule has 3 rings (SSSR count). The second kappa shape index (κ2) is 6.38. The van der Waals surface area contributed by atoms with Crippen LogP contribution >= 0.6 is 0 Å². The van der Waals surface area contributed by atoms with Crippen LogP contribution in [-0.2, 0) is 9.59 Å². The van der Waals surface area contributed by atoms with Crippen molar-refractivity contribution in [3.05, 3.63) is 24.3 Å². The fourth-order valence-electron chi connectivity index (χ4n) is 3.37. The Kier molecular flexibility index (Phi) is 4.32. The molecule has 5 heteroatoms. The Hall–Kier alpha value is -2.04. The number of amides is 2. The minimum absolute atomic E-state index is 0.0404. The van der Waals surface area contributed by atoms with Crippen LogP contribution in [0.2, 0.25) is 0 Å². The Morgan fingerprint density at radius 2 is 2.23 bits per heavy atom. The molecule has 118 valence electrons. The molecule has 0 aromatic heterocycles. The maximum absolute atomic E-state index is 12.2. The van der Waals surface area contributed by atoms with Crippen molar-refractivity contribution in [2.45, 2.75) is 38.6 Å². The first-order valence-corrected chi connectivity index (χ1v) is 7.98. The molecule has 2 fully saturated rings. The van der Waals surface area contributed by atoms with E-state index in [9.17, 15) is 9.59 Å². The fraction of sp³-hybridized carbons (Fsp3) is 0.529. The van der Waals surface area contributed by atoms with Crippen LogP contribution in [0.15, 0.2) is 24.3 Å². The van der Waals surface area contributed by atoms with Crippen molar-refractivity contribution in [1.29, 1.82) is 0 Å². The van der Waals surface area contributed by atoms with Gasteiger partial charge in [0.05, 0.1) is 0 Å². The van der Waals surface area contributed by atoms with Gasteiger partial charge in [0.25, 0.3) is 5.91 Å². The molecule has 0 radical (unpaired) electrons. The van der Waals surface area contributed by atoms with Gasteiger partial charge in [-0.15, -0.1) is 0 Å². The van der Waals surface area contributed by atoms with E-state index < -0.39 is 0 Å². The Morgan fingerprint density at radius 3 is 2.91 bits per heavy atom. The average molecular weight is 302 g/mol. The van der Waals surface area contributed by atoms with Crippen molar-refractivity contribution in [1.82, 2.24) is 4.90 Å². The molecule has 2 atom stereocenters. The van der Waals surface area contributed by atoms with Crippen LogP contribution in [0.4, 0.5) is 5.69 Å². The number of ether oxygens (including phenoxy) is 1. The predicted octanol–water partition coefficient (Wildman–Crippen LogP) is 2.42. The molecule has 1 saturated carbocycles. The van der Waals surface area contributed by atoms with Gasteiger partial charge in [0, 0.05) is 30.8 Å². The summed E-state index contributed by atoms with van der Waals surface area (Å²) < 4.78 is 5.60. The van der Waals surface area contributed by atoms with Gasteiger partial charge in [0.1, 0.15) is 5.75 Å². The molecular weight excluding hydrogens is 280 g/mol. The molecule has 2 aliphatic rings. The monoisotopic (exact) mass is 302 g/mol. The van der Waals surface area contributed by atoms with Crippen molar-refractivity contribution in [2.75, 3.05) is 18.5 Å². The van der Waals surface area contributed by atoms with E-state index in [0.29, 0.717) is 29.8 Å². The Balaban J connectivity index is 1.54. The standard InChI is InChI=1S/C17H22N2O3/c1-2-16(20)18-13-4-3-5-15(9-13)22-11-17(21)19-10-12-6-7-14(19)8-12/h3-5,9,12,14H,2,6-8,10-11H2,1H3,(H,18,20)/t12-,14+/m1/s1. The van der Waals surface area contributed by atoms with E-state index in [2.05, 4.69) is 5.32 Å². The van der Waals surface area contributed by atoms with E-state index in [-0.39, 0.29) is 18.4 Å². The molecule has 1 N–H and O–H groups in total. The van der Waals surface area contributed by atoms with Crippen LogP contribution in [0.3, 0.4) is 0 Å². The topological polar surface area (TPSA) is 58.6 Å². The molecule has 5 nitrogen and oxygen atoms in total. The highest BCUT2D eigenvalue weighted by Gasteiger charge is 2.40. The van der Waals surface area contributed by atoms with Crippen LogP contribution in [-0.4, -0.2) is 35.9 Å². The highest BCUT2D eigenvalue weighted by atomic mass is 16.5. The number of anilines is 1. The third-order valence-electron chi connectivity index (χ3n) is 4.53. The van der Waals surface area contributed by atoms with E-state index in [4.69, 9.17) is 4.74 Å². The van der Waals surface area contributed by atoms with Crippen molar-refractivity contribution >= 4 is 17.5 Å². The number of nitrogens with zero attached hydrogens (tertiary/aromatic N) is 1. The SMILES string of the molecule is CCC(=O)Nc1cccc(OCC(=O)N2C[C@@H]3CC[C@H]2C3)c1. The first-order chi connectivity index (χ1) is 10.7. The lowest BCUT2D eigenvalue weighted by Gasteiger charge is -2.26. The number of nitrogens with one attached hydrogen (secondary N) is 1. The predicted molar refractivity (Wildman–Crippen MR) is 83.7 cm³/mol. The molecule has 1 aromatic rings. The number of piperidine rings is 1. The summed E-state index contributed by atoms with van der Waals surface area (Å²) in [4.78, 5) is 25.6. The maximum Gasteiger partial charge on any atom is 0.260 e. The van der Waals surface area contributed by atoms with Gasteiger partial charge in [-0.25, -0.2) is 0 Å². The summed E-state index contributed by atoms with van der Waals surface area (Å²) in [6.07, 6.45) is 3.98. The number of likely N-dealkylation sites (tertiary alicyclic amines) is 1. The molecule has 0 unspecified atom stereocenters. The van der Waals surface area contributed by atoms with Crippen molar-refractivity contribution in [3.63, 3.8) is 0 Å². The number of benzene rings is 1. The number of fused-ring (bicyclic) bond motifs is 2. The summed E-state index contributed by atoms with van der Waals surface area (Å²) in [5, 5.41) is 2.78. The van der Waals surface area contributed by atoms with Gasteiger partial charge in [-0.1, -0.05) is 13.0 Å². The molecule has 1 aromatic carbocycles. The first kappa shape index (κ1) is 14.9. The van der Waals surface area contributed by atoms with E-state index in [1.165, 1.54) is 6.42 Å². The van der Waals surface area contributed by atoms with Gasteiger partial charge in [-0.05, 0) is 37.3 Å². The summed E-state index contributed by atoms with van der Waals surface area (Å²) in [5.74, 6) is 1.32. The fourth-order valence-corrected chi connectivity index (χ4v) is 3.37. The molecule has 22 heavy (non-hydrogen) atoms. The van der Waals surface area contributed by atoms with Crippen molar-refractivity contribution < 1.29 is 14.3 Å². The Morgan fingerprint density at radius 1 is 1.36 bits per heavy atom. The summed E-state index contributed by atoms with van der Waals surface area (Å²) in [7, 11) is 0. The zero-order valence-electron chi connectivity index (χ0n) is 12.9. The molecule has 1 saturated heterocycles. The molecule has 1 aliphatic heterocycles. The normalized spacial score (nSPS) is 22.7. The van der Waals surface area contributed by atoms with Crippen LogP contribution in [0.1, 0.15) is 32.6 Å². The van der Waals surface area contributed by atoms with Gasteiger partial charge in [0.15, 0.2) is 6.61 Å². The smallest absolute Gasteiger partial charge is 0.260 e. The average Bonchev–Trinajstić information content (AvgIpc) is 3.16. The second-order valence-corrected chi connectivity index (χ2v) is 6.10. The van der Waals surface area contributed by atoms with Crippen LogP contribution in [0.25, 0.3) is 0 Å². The first-order valence-electron chi connectivity index (χ1n) is 7.98. The van der Waals surface area contributed by atoms with Crippen molar-refractivity contribution in [3.8, 4) is 5.75 Å². The summed E-state index contributed by atoms with van der Waals surface area (Å²) in [6, 6.07) is 7.59. The lowest BCUT2D eigenvalue weighted by atomic mass is 10.1. The zero-order valence-corrected chi connectivity index (χ0v) is 12.9. The van der Waals surface area contributed by atoms with Gasteiger partial charge in [-0.3, -0.25) is 9.59 Å². The summed E-state index contributed by atoms with van der Waals surface area (Å²) >= 11 is 0. The molecule has 2 bridgehead atoms. The van der Waals surface area contributed by atoms with Crippen molar-refractivity contribution in [2.24, 2.45) is 5.92 Å². The third kappa shape index (κ3) is 3.24. The Bertz CT molecular complexity index is 573. The molecule has 1 heterocycles. The van der Waals surface area contributed by atoms with Gasteiger partial charge in [0.2, 0.25) is 5.91 Å². The minimum atomic E-state index is -0.0404. The summed E-state index contributed by atoms with van der Waals surface area (Å²) in [5.41, 5.74) is 0.692. The lowest BCUT2D eigenvalue weighted by Crippen LogP contribution is -2.40. The Labute approximate surface area is 130 Å². The highest BCUT2D eigenvalue weighted by Crippen LogP contribution is 2.37. The van der Waals surface area contributed by atoms with E-state index in [1.54, 1.807) is 19.1 Å². The number of hydrogen-bond acceptors (Lipinski definition) is 3. The number of hydrogen-bond donors (Lipinski definition) is 1. The highest BCUT2D eigenvalue weighted by molar-refractivity contribution is 5.90. The van der Waals surface area contributed by atoms with Gasteiger partial charge >= 0.3 is 0 Å². The summed E-state index contributed by atoms with van der Waals surface area (Å²) in [6.45, 7) is 2.76. The largest absolute Gasteiger partial charge is 0.484 e. The third-order valence-corrected chi connectivity index (χ3v) is 4.53. The maximum atomic E-state index is 12.2. The van der Waals surface area contributed by atoms with Gasteiger partial charge in [-0.2, -0.15) is 0 Å². The molecule has 0 spiro atoms. The van der Waals surface area contributed by atoms with E-state index >= 15 is 0 Å². The molecule has 1 aliphatic carbocycles. The number of rotatable bonds is 5. The molecule has 2 amide bonds. The second-order valence-electron chi connectivity index (χ2n) is 6.10. The zero-order chi connectivity index (χ0) is 15.5. The van der Waals surface area contributed by atoms with E-state index in [1.807, 2.05) is 17.0 Å². The van der Waals surface area contributed by atoms with E-state index in [0.717, 1.165) is 19.4 Å². The quantitative estimate of drug-likeness (QED) is 0.908. The number of carbonyl (C=O) groups excluding carboxylic acids is 2. The van der Waals surface area contributed by atoms with Crippen LogP contribution in [0.5, 0.6) is 5.75 Å². The van der Waals surface area contributed by atoms with Gasteiger partial charge < -0.3 is 15.0 Å². The lowest BCUT2D eigenvalue weighted by molar-refractivity contribution is -0.135. The molecular formula is C17H22N2O3. The minimum Gasteiger partial charge on any atom is -0.484 e. The van der Waals surface area contributed by atoms with Crippen LogP contribution in [0, 0.1) is 5.92 Å². The number of carbonyl (C=O) groups is 2.